The number of hydrogen-bond donors (Lipinski definition) is 3. The molecule has 0 saturated heterocycles. The molecule has 0 unspecified atom stereocenters. The van der Waals surface area contributed by atoms with Crippen molar-refractivity contribution in [1.82, 2.24) is 5.32 Å². The maximum absolute atomic E-state index is 12.5. The standard InChI is InChI=1S/C19H18Br2N2O4S/c1-2-3-7-27-13-6-4-5-11(8-13)17(24)23-19(28)22-16-14(18(25)26)9-12(20)10-15(16)21/h4-6,8-10H,2-3,7H2,1H3,(H,25,26)(H2,22,23,24,28). The van der Waals surface area contributed by atoms with Gasteiger partial charge in [-0.05, 0) is 64.9 Å². The number of carboxylic acid groups (broad SMARTS) is 1. The van der Waals surface area contributed by atoms with Gasteiger partial charge in [-0.3, -0.25) is 10.1 Å². The molecule has 2 rings (SSSR count). The Balaban J connectivity index is 2.09. The van der Waals surface area contributed by atoms with Crippen LogP contribution in [-0.4, -0.2) is 28.7 Å². The predicted octanol–water partition coefficient (Wildman–Crippen LogP) is 5.22. The molecule has 6 nitrogen and oxygen atoms in total. The Bertz CT molecular complexity index is 905. The van der Waals surface area contributed by atoms with Crippen LogP contribution in [0, 0.1) is 0 Å². The van der Waals surface area contributed by atoms with Gasteiger partial charge in [0.15, 0.2) is 5.11 Å². The van der Waals surface area contributed by atoms with Crippen molar-refractivity contribution in [3.05, 3.63) is 56.5 Å². The van der Waals surface area contributed by atoms with Gasteiger partial charge >= 0.3 is 5.97 Å². The van der Waals surface area contributed by atoms with Gasteiger partial charge in [-0.15, -0.1) is 0 Å². The Hall–Kier alpha value is -1.97. The third-order valence-electron chi connectivity index (χ3n) is 3.61. The van der Waals surface area contributed by atoms with Gasteiger partial charge in [-0.25, -0.2) is 4.79 Å². The van der Waals surface area contributed by atoms with Crippen LogP contribution in [0.5, 0.6) is 5.75 Å². The van der Waals surface area contributed by atoms with Crippen LogP contribution in [0.3, 0.4) is 0 Å². The van der Waals surface area contributed by atoms with Crippen LogP contribution in [-0.2, 0) is 0 Å². The summed E-state index contributed by atoms with van der Waals surface area (Å²) < 4.78 is 6.69. The summed E-state index contributed by atoms with van der Waals surface area (Å²) in [4.78, 5) is 23.9. The maximum atomic E-state index is 12.5. The number of nitrogens with one attached hydrogen (secondary N) is 2. The molecule has 0 aliphatic heterocycles. The highest BCUT2D eigenvalue weighted by Gasteiger charge is 2.17. The Labute approximate surface area is 184 Å². The van der Waals surface area contributed by atoms with E-state index in [-0.39, 0.29) is 16.4 Å². The lowest BCUT2D eigenvalue weighted by Crippen LogP contribution is -2.34. The molecule has 0 aromatic heterocycles. The second-order valence-electron chi connectivity index (χ2n) is 5.75. The van der Waals surface area contributed by atoms with Crippen LogP contribution < -0.4 is 15.4 Å². The van der Waals surface area contributed by atoms with Crippen LogP contribution in [0.2, 0.25) is 0 Å². The molecule has 0 aliphatic rings. The number of carboxylic acids is 1. The zero-order valence-corrected chi connectivity index (χ0v) is 18.9. The molecule has 0 bridgehead atoms. The Morgan fingerprint density at radius 3 is 2.64 bits per heavy atom. The molecule has 3 N–H and O–H groups in total. The normalized spacial score (nSPS) is 10.2. The lowest BCUT2D eigenvalue weighted by molar-refractivity contribution is 0.0697. The Morgan fingerprint density at radius 2 is 1.96 bits per heavy atom. The van der Waals surface area contributed by atoms with E-state index in [0.717, 1.165) is 12.8 Å². The molecule has 0 heterocycles. The minimum Gasteiger partial charge on any atom is -0.494 e. The summed E-state index contributed by atoms with van der Waals surface area (Å²) in [7, 11) is 0. The number of ether oxygens (including phenoxy) is 1. The number of carbonyl (C=O) groups is 2. The van der Waals surface area contributed by atoms with Gasteiger partial charge in [0.2, 0.25) is 0 Å². The van der Waals surface area contributed by atoms with E-state index in [0.29, 0.717) is 26.9 Å². The molecular formula is C19H18Br2N2O4S. The fourth-order valence-corrected chi connectivity index (χ4v) is 3.77. The van der Waals surface area contributed by atoms with E-state index < -0.39 is 11.9 Å². The summed E-state index contributed by atoms with van der Waals surface area (Å²) >= 11 is 11.7. The fourth-order valence-electron chi connectivity index (χ4n) is 2.25. The molecule has 1 amide bonds. The molecule has 0 aliphatic carbocycles. The minimum absolute atomic E-state index is 0.00386. The first-order chi connectivity index (χ1) is 13.3. The second kappa shape index (κ2) is 10.5. The van der Waals surface area contributed by atoms with Crippen molar-refractivity contribution in [1.29, 1.82) is 0 Å². The molecule has 0 fully saturated rings. The highest BCUT2D eigenvalue weighted by molar-refractivity contribution is 9.11. The third-order valence-corrected chi connectivity index (χ3v) is 4.90. The lowest BCUT2D eigenvalue weighted by atomic mass is 10.2. The molecule has 2 aromatic carbocycles. The summed E-state index contributed by atoms with van der Waals surface area (Å²) in [5.74, 6) is -0.956. The number of benzene rings is 2. The van der Waals surface area contributed by atoms with Crippen LogP contribution >= 0.6 is 44.1 Å². The van der Waals surface area contributed by atoms with Gasteiger partial charge in [0.05, 0.1) is 17.9 Å². The number of thiocarbonyl (C=S) groups is 1. The summed E-state index contributed by atoms with van der Waals surface area (Å²) in [5.41, 5.74) is 0.633. The average molecular weight is 530 g/mol. The van der Waals surface area contributed by atoms with Gasteiger partial charge in [-0.2, -0.15) is 0 Å². The van der Waals surface area contributed by atoms with Gasteiger partial charge in [-0.1, -0.05) is 35.3 Å². The molecule has 28 heavy (non-hydrogen) atoms. The third kappa shape index (κ3) is 6.29. The fraction of sp³-hybridized carbons (Fsp3) is 0.211. The Kier molecular flexibility index (Phi) is 8.40. The van der Waals surface area contributed by atoms with Gasteiger partial charge < -0.3 is 15.2 Å². The number of aromatic carboxylic acids is 1. The van der Waals surface area contributed by atoms with Crippen molar-refractivity contribution in [2.75, 3.05) is 11.9 Å². The van der Waals surface area contributed by atoms with E-state index in [2.05, 4.69) is 49.4 Å². The number of rotatable bonds is 7. The molecule has 9 heteroatoms. The smallest absolute Gasteiger partial charge is 0.337 e. The molecule has 148 valence electrons. The molecule has 2 aromatic rings. The van der Waals surface area contributed by atoms with Crippen molar-refractivity contribution in [3.63, 3.8) is 0 Å². The van der Waals surface area contributed by atoms with Crippen molar-refractivity contribution in [3.8, 4) is 5.75 Å². The average Bonchev–Trinajstić information content (AvgIpc) is 2.64. The van der Waals surface area contributed by atoms with E-state index in [1.54, 1.807) is 30.3 Å². The molecule has 0 spiro atoms. The lowest BCUT2D eigenvalue weighted by Gasteiger charge is -2.14. The molecular weight excluding hydrogens is 512 g/mol. The van der Waals surface area contributed by atoms with Gasteiger partial charge in [0.25, 0.3) is 5.91 Å². The summed E-state index contributed by atoms with van der Waals surface area (Å²) in [6, 6.07) is 9.89. The second-order valence-corrected chi connectivity index (χ2v) is 7.93. The number of hydrogen-bond acceptors (Lipinski definition) is 4. The van der Waals surface area contributed by atoms with E-state index in [1.165, 1.54) is 6.07 Å². The van der Waals surface area contributed by atoms with E-state index in [4.69, 9.17) is 17.0 Å². The monoisotopic (exact) mass is 528 g/mol. The Morgan fingerprint density at radius 1 is 1.21 bits per heavy atom. The minimum atomic E-state index is -1.13. The van der Waals surface area contributed by atoms with E-state index in [1.807, 2.05) is 0 Å². The van der Waals surface area contributed by atoms with Crippen LogP contribution in [0.4, 0.5) is 5.69 Å². The van der Waals surface area contributed by atoms with Crippen LogP contribution in [0.25, 0.3) is 0 Å². The summed E-state index contributed by atoms with van der Waals surface area (Å²) in [5, 5.41) is 14.7. The first-order valence-electron chi connectivity index (χ1n) is 8.39. The highest BCUT2D eigenvalue weighted by atomic mass is 79.9. The first-order valence-corrected chi connectivity index (χ1v) is 10.4. The largest absolute Gasteiger partial charge is 0.494 e. The van der Waals surface area contributed by atoms with Crippen LogP contribution in [0.1, 0.15) is 40.5 Å². The van der Waals surface area contributed by atoms with Crippen molar-refractivity contribution in [2.45, 2.75) is 19.8 Å². The zero-order valence-electron chi connectivity index (χ0n) is 14.9. The molecule has 0 atom stereocenters. The number of unbranched alkanes of at least 4 members (excludes halogenated alkanes) is 1. The number of halogens is 2. The topological polar surface area (TPSA) is 87.7 Å². The van der Waals surface area contributed by atoms with Crippen molar-refractivity contribution >= 4 is 66.8 Å². The SMILES string of the molecule is CCCCOc1cccc(C(=O)NC(=S)Nc2c(Br)cc(Br)cc2C(=O)O)c1. The number of carbonyl (C=O) groups excluding carboxylic acids is 1. The van der Waals surface area contributed by atoms with Gasteiger partial charge in [0, 0.05) is 14.5 Å². The van der Waals surface area contributed by atoms with E-state index in [9.17, 15) is 14.7 Å². The summed E-state index contributed by atoms with van der Waals surface area (Å²) in [6.07, 6.45) is 1.95. The van der Waals surface area contributed by atoms with Gasteiger partial charge in [0.1, 0.15) is 5.75 Å². The zero-order chi connectivity index (χ0) is 20.7. The summed E-state index contributed by atoms with van der Waals surface area (Å²) in [6.45, 7) is 2.65. The predicted molar refractivity (Wildman–Crippen MR) is 119 cm³/mol. The number of anilines is 1. The quantitative estimate of drug-likeness (QED) is 0.337. The van der Waals surface area contributed by atoms with Crippen molar-refractivity contribution in [2.24, 2.45) is 0 Å². The maximum Gasteiger partial charge on any atom is 0.337 e. The van der Waals surface area contributed by atoms with E-state index >= 15 is 0 Å². The van der Waals surface area contributed by atoms with Crippen molar-refractivity contribution < 1.29 is 19.4 Å². The van der Waals surface area contributed by atoms with Crippen LogP contribution in [0.15, 0.2) is 45.3 Å². The molecule has 0 saturated carbocycles. The first kappa shape index (κ1) is 22.3. The number of amides is 1. The molecule has 0 radical (unpaired) electrons. The highest BCUT2D eigenvalue weighted by Crippen LogP contribution is 2.31.